The van der Waals surface area contributed by atoms with E-state index in [4.69, 9.17) is 10.5 Å². The van der Waals surface area contributed by atoms with Gasteiger partial charge in [0.05, 0.1) is 0 Å². The normalized spacial score (nSPS) is 26.2. The van der Waals surface area contributed by atoms with Crippen molar-refractivity contribution in [3.63, 3.8) is 0 Å². The minimum Gasteiger partial charge on any atom is -0.369 e. The molecular formula is C12H25ClN2O2. The van der Waals surface area contributed by atoms with Gasteiger partial charge in [-0.1, -0.05) is 6.92 Å². The van der Waals surface area contributed by atoms with Crippen molar-refractivity contribution in [2.24, 2.45) is 11.7 Å². The maximum absolute atomic E-state index is 12.1. The van der Waals surface area contributed by atoms with Crippen LogP contribution in [-0.2, 0) is 9.53 Å². The van der Waals surface area contributed by atoms with Crippen LogP contribution in [0.2, 0.25) is 0 Å². The second-order valence-corrected chi connectivity index (χ2v) is 4.65. The van der Waals surface area contributed by atoms with Crippen LogP contribution in [0.3, 0.4) is 0 Å². The molecule has 1 fully saturated rings. The molecule has 1 aliphatic rings. The topological polar surface area (TPSA) is 55.6 Å². The van der Waals surface area contributed by atoms with Crippen LogP contribution in [0.25, 0.3) is 0 Å². The Morgan fingerprint density at radius 1 is 1.59 bits per heavy atom. The Kier molecular flexibility index (Phi) is 7.75. The van der Waals surface area contributed by atoms with E-state index in [1.54, 1.807) is 0 Å². The highest BCUT2D eigenvalue weighted by atomic mass is 35.5. The van der Waals surface area contributed by atoms with Crippen molar-refractivity contribution >= 4 is 18.3 Å². The third-order valence-electron chi connectivity index (χ3n) is 3.30. The van der Waals surface area contributed by atoms with Gasteiger partial charge < -0.3 is 15.4 Å². The highest BCUT2D eigenvalue weighted by molar-refractivity contribution is 5.85. The minimum absolute atomic E-state index is 0. The standard InChI is InChI=1S/C12H24N2O2.ClH/c1-4-16-10(3)12(15)14-6-5-9(2)7-11(14)8-13;/h9-11H,4-8,13H2,1-3H3;1H. The molecule has 17 heavy (non-hydrogen) atoms. The number of piperidine rings is 1. The van der Waals surface area contributed by atoms with Gasteiger partial charge in [-0.05, 0) is 32.6 Å². The van der Waals surface area contributed by atoms with Gasteiger partial charge in [-0.3, -0.25) is 4.79 Å². The molecule has 1 rings (SSSR count). The van der Waals surface area contributed by atoms with Gasteiger partial charge in [0, 0.05) is 25.7 Å². The van der Waals surface area contributed by atoms with E-state index in [-0.39, 0.29) is 30.5 Å². The van der Waals surface area contributed by atoms with Crippen LogP contribution >= 0.6 is 12.4 Å². The van der Waals surface area contributed by atoms with Gasteiger partial charge in [-0.25, -0.2) is 0 Å². The molecule has 0 aliphatic carbocycles. The van der Waals surface area contributed by atoms with Crippen molar-refractivity contribution in [3.8, 4) is 0 Å². The summed E-state index contributed by atoms with van der Waals surface area (Å²) >= 11 is 0. The van der Waals surface area contributed by atoms with Crippen LogP contribution in [0.15, 0.2) is 0 Å². The number of carbonyl (C=O) groups is 1. The number of likely N-dealkylation sites (tertiary alicyclic amines) is 1. The number of hydrogen-bond acceptors (Lipinski definition) is 3. The van der Waals surface area contributed by atoms with Crippen LogP contribution < -0.4 is 5.73 Å². The van der Waals surface area contributed by atoms with Crippen LogP contribution in [-0.4, -0.2) is 42.6 Å². The molecule has 4 nitrogen and oxygen atoms in total. The summed E-state index contributed by atoms with van der Waals surface area (Å²) in [5.41, 5.74) is 5.73. The number of hydrogen-bond donors (Lipinski definition) is 1. The van der Waals surface area contributed by atoms with Gasteiger partial charge >= 0.3 is 0 Å². The monoisotopic (exact) mass is 264 g/mol. The number of amides is 1. The summed E-state index contributed by atoms with van der Waals surface area (Å²) in [6, 6.07) is 0.194. The Morgan fingerprint density at radius 2 is 2.24 bits per heavy atom. The average molecular weight is 265 g/mol. The van der Waals surface area contributed by atoms with E-state index in [9.17, 15) is 4.79 Å². The maximum Gasteiger partial charge on any atom is 0.251 e. The molecule has 102 valence electrons. The Hall–Kier alpha value is -0.320. The zero-order valence-electron chi connectivity index (χ0n) is 11.0. The van der Waals surface area contributed by atoms with Gasteiger partial charge in [0.25, 0.3) is 5.91 Å². The fourth-order valence-electron chi connectivity index (χ4n) is 2.32. The molecule has 0 aromatic rings. The summed E-state index contributed by atoms with van der Waals surface area (Å²) in [5.74, 6) is 0.754. The molecule has 0 bridgehead atoms. The lowest BCUT2D eigenvalue weighted by Crippen LogP contribution is -2.52. The summed E-state index contributed by atoms with van der Waals surface area (Å²) in [5, 5.41) is 0. The molecule has 0 aromatic heterocycles. The number of nitrogens with zero attached hydrogens (tertiary/aromatic N) is 1. The zero-order chi connectivity index (χ0) is 12.1. The molecule has 3 unspecified atom stereocenters. The number of ether oxygens (including phenoxy) is 1. The predicted octanol–water partition coefficient (Wildman–Crippen LogP) is 1.42. The van der Waals surface area contributed by atoms with Crippen LogP contribution in [0, 0.1) is 5.92 Å². The summed E-state index contributed by atoms with van der Waals surface area (Å²) in [4.78, 5) is 14.0. The first-order valence-corrected chi connectivity index (χ1v) is 6.22. The summed E-state index contributed by atoms with van der Waals surface area (Å²) in [6.07, 6.45) is 1.75. The summed E-state index contributed by atoms with van der Waals surface area (Å²) in [7, 11) is 0. The fourth-order valence-corrected chi connectivity index (χ4v) is 2.32. The molecule has 1 amide bonds. The molecule has 1 aliphatic heterocycles. The van der Waals surface area contributed by atoms with Gasteiger partial charge in [0.15, 0.2) is 0 Å². The fraction of sp³-hybridized carbons (Fsp3) is 0.917. The highest BCUT2D eigenvalue weighted by Crippen LogP contribution is 2.22. The molecule has 0 spiro atoms. The van der Waals surface area contributed by atoms with Crippen LogP contribution in [0.4, 0.5) is 0 Å². The van der Waals surface area contributed by atoms with Gasteiger partial charge in [0.2, 0.25) is 0 Å². The van der Waals surface area contributed by atoms with Crippen molar-refractivity contribution in [1.29, 1.82) is 0 Å². The van der Waals surface area contributed by atoms with E-state index in [2.05, 4.69) is 6.92 Å². The lowest BCUT2D eigenvalue weighted by molar-refractivity contribution is -0.146. The van der Waals surface area contributed by atoms with Gasteiger partial charge in [-0.2, -0.15) is 0 Å². The lowest BCUT2D eigenvalue weighted by atomic mass is 9.92. The number of carbonyl (C=O) groups excluding carboxylic acids is 1. The predicted molar refractivity (Wildman–Crippen MR) is 71.3 cm³/mol. The van der Waals surface area contributed by atoms with Gasteiger partial charge in [0.1, 0.15) is 6.10 Å². The van der Waals surface area contributed by atoms with E-state index in [0.717, 1.165) is 19.4 Å². The SMILES string of the molecule is CCOC(C)C(=O)N1CCC(C)CC1CN.Cl. The maximum atomic E-state index is 12.1. The third-order valence-corrected chi connectivity index (χ3v) is 3.30. The molecule has 0 radical (unpaired) electrons. The molecule has 2 N–H and O–H groups in total. The Bertz CT molecular complexity index is 239. The van der Waals surface area contributed by atoms with Gasteiger partial charge in [-0.15, -0.1) is 12.4 Å². The lowest BCUT2D eigenvalue weighted by Gasteiger charge is -2.39. The highest BCUT2D eigenvalue weighted by Gasteiger charge is 2.31. The first-order chi connectivity index (χ1) is 7.60. The van der Waals surface area contributed by atoms with E-state index < -0.39 is 0 Å². The first kappa shape index (κ1) is 16.7. The van der Waals surface area contributed by atoms with Crippen molar-refractivity contribution in [3.05, 3.63) is 0 Å². The second-order valence-electron chi connectivity index (χ2n) is 4.65. The average Bonchev–Trinajstić information content (AvgIpc) is 2.28. The molecule has 0 aromatic carbocycles. The van der Waals surface area contributed by atoms with E-state index in [0.29, 0.717) is 19.1 Å². The number of rotatable bonds is 4. The Labute approximate surface area is 110 Å². The van der Waals surface area contributed by atoms with Crippen LogP contribution in [0.5, 0.6) is 0 Å². The Morgan fingerprint density at radius 3 is 2.76 bits per heavy atom. The second kappa shape index (κ2) is 7.90. The first-order valence-electron chi connectivity index (χ1n) is 6.22. The molecule has 0 saturated carbocycles. The quantitative estimate of drug-likeness (QED) is 0.836. The number of halogens is 1. The molecule has 1 heterocycles. The van der Waals surface area contributed by atoms with Crippen molar-refractivity contribution in [2.45, 2.75) is 45.8 Å². The van der Waals surface area contributed by atoms with E-state index in [1.165, 1.54) is 0 Å². The molecule has 1 saturated heterocycles. The van der Waals surface area contributed by atoms with Crippen molar-refractivity contribution in [1.82, 2.24) is 4.90 Å². The van der Waals surface area contributed by atoms with Crippen LogP contribution in [0.1, 0.15) is 33.6 Å². The minimum atomic E-state index is -0.340. The van der Waals surface area contributed by atoms with Crippen molar-refractivity contribution < 1.29 is 9.53 Å². The summed E-state index contributed by atoms with van der Waals surface area (Å²) in [6.45, 7) is 7.88. The molecule has 5 heteroatoms. The molecule has 3 atom stereocenters. The third kappa shape index (κ3) is 4.45. The summed E-state index contributed by atoms with van der Waals surface area (Å²) < 4.78 is 5.34. The largest absolute Gasteiger partial charge is 0.369 e. The smallest absolute Gasteiger partial charge is 0.251 e. The Balaban J connectivity index is 0.00000256. The van der Waals surface area contributed by atoms with E-state index in [1.807, 2.05) is 18.7 Å². The molecular weight excluding hydrogens is 240 g/mol. The van der Waals surface area contributed by atoms with Crippen molar-refractivity contribution in [2.75, 3.05) is 19.7 Å². The van der Waals surface area contributed by atoms with E-state index >= 15 is 0 Å². The number of nitrogens with two attached hydrogens (primary N) is 1. The zero-order valence-corrected chi connectivity index (χ0v) is 11.8.